The van der Waals surface area contributed by atoms with Gasteiger partial charge in [-0.1, -0.05) is 32.1 Å². The summed E-state index contributed by atoms with van der Waals surface area (Å²) in [4.78, 5) is 0. The molecule has 1 fully saturated rings. The largest absolute Gasteiger partial charge is 0.392 e. The Bertz CT molecular complexity index is 187. The van der Waals surface area contributed by atoms with Crippen LogP contribution < -0.4 is 0 Å². The SMILES string of the molecule is CCCCC#C[C@H]1CCCC[C@H]1O. The van der Waals surface area contributed by atoms with Crippen LogP contribution >= 0.6 is 0 Å². The van der Waals surface area contributed by atoms with Crippen molar-refractivity contribution in [3.05, 3.63) is 0 Å². The topological polar surface area (TPSA) is 20.2 Å². The van der Waals surface area contributed by atoms with Crippen LogP contribution in [0.5, 0.6) is 0 Å². The molecule has 0 saturated heterocycles. The zero-order valence-electron chi connectivity index (χ0n) is 8.55. The number of hydrogen-bond donors (Lipinski definition) is 1. The van der Waals surface area contributed by atoms with Crippen LogP contribution in [-0.2, 0) is 0 Å². The predicted molar refractivity (Wildman–Crippen MR) is 55.3 cm³/mol. The van der Waals surface area contributed by atoms with Crippen molar-refractivity contribution in [1.29, 1.82) is 0 Å². The molecule has 0 aromatic heterocycles. The van der Waals surface area contributed by atoms with Crippen molar-refractivity contribution in [2.24, 2.45) is 5.92 Å². The molecule has 0 aliphatic heterocycles. The maximum Gasteiger partial charge on any atom is 0.0677 e. The fraction of sp³-hybridized carbons (Fsp3) is 0.833. The molecular formula is C12H20O. The molecule has 0 aromatic rings. The van der Waals surface area contributed by atoms with Crippen LogP contribution in [0.15, 0.2) is 0 Å². The lowest BCUT2D eigenvalue weighted by atomic mass is 9.87. The third-order valence-electron chi connectivity index (χ3n) is 2.67. The van der Waals surface area contributed by atoms with Gasteiger partial charge in [0, 0.05) is 12.3 Å². The van der Waals surface area contributed by atoms with Crippen molar-refractivity contribution < 1.29 is 5.11 Å². The molecule has 1 heteroatoms. The first-order valence-corrected chi connectivity index (χ1v) is 5.51. The van der Waals surface area contributed by atoms with E-state index in [4.69, 9.17) is 0 Å². The second-order valence-electron chi connectivity index (χ2n) is 3.88. The highest BCUT2D eigenvalue weighted by Gasteiger charge is 2.20. The van der Waals surface area contributed by atoms with E-state index in [2.05, 4.69) is 18.8 Å². The Hall–Kier alpha value is -0.480. The van der Waals surface area contributed by atoms with Gasteiger partial charge in [-0.05, 0) is 19.3 Å². The quantitative estimate of drug-likeness (QED) is 0.511. The maximum atomic E-state index is 9.62. The van der Waals surface area contributed by atoms with E-state index in [1.54, 1.807) is 0 Å². The van der Waals surface area contributed by atoms with E-state index in [1.165, 1.54) is 25.7 Å². The third-order valence-corrected chi connectivity index (χ3v) is 2.67. The highest BCUT2D eigenvalue weighted by Crippen LogP contribution is 2.23. The van der Waals surface area contributed by atoms with E-state index in [0.717, 1.165) is 19.3 Å². The van der Waals surface area contributed by atoms with Crippen LogP contribution in [0.4, 0.5) is 0 Å². The van der Waals surface area contributed by atoms with Crippen molar-refractivity contribution >= 4 is 0 Å². The average molecular weight is 180 g/mol. The molecule has 1 aliphatic carbocycles. The number of aliphatic hydroxyl groups excluding tert-OH is 1. The van der Waals surface area contributed by atoms with Crippen LogP contribution in [0.25, 0.3) is 0 Å². The van der Waals surface area contributed by atoms with Gasteiger partial charge in [0.05, 0.1) is 6.10 Å². The molecule has 0 radical (unpaired) electrons. The van der Waals surface area contributed by atoms with Crippen LogP contribution in [0, 0.1) is 17.8 Å². The highest BCUT2D eigenvalue weighted by molar-refractivity contribution is 5.06. The van der Waals surface area contributed by atoms with Crippen LogP contribution in [0.1, 0.15) is 51.9 Å². The van der Waals surface area contributed by atoms with E-state index in [9.17, 15) is 5.11 Å². The van der Waals surface area contributed by atoms with Crippen molar-refractivity contribution in [3.63, 3.8) is 0 Å². The molecule has 0 amide bonds. The second-order valence-corrected chi connectivity index (χ2v) is 3.88. The third kappa shape index (κ3) is 3.83. The molecule has 13 heavy (non-hydrogen) atoms. The van der Waals surface area contributed by atoms with Gasteiger partial charge in [-0.3, -0.25) is 0 Å². The fourth-order valence-corrected chi connectivity index (χ4v) is 1.75. The Morgan fingerprint density at radius 1 is 1.31 bits per heavy atom. The Kier molecular flexibility index (Phi) is 4.93. The first-order chi connectivity index (χ1) is 6.34. The van der Waals surface area contributed by atoms with Crippen molar-refractivity contribution in [2.75, 3.05) is 0 Å². The highest BCUT2D eigenvalue weighted by atomic mass is 16.3. The summed E-state index contributed by atoms with van der Waals surface area (Å²) in [6.45, 7) is 2.18. The normalized spacial score (nSPS) is 27.8. The summed E-state index contributed by atoms with van der Waals surface area (Å²) < 4.78 is 0. The second kappa shape index (κ2) is 6.05. The zero-order valence-corrected chi connectivity index (χ0v) is 8.55. The smallest absolute Gasteiger partial charge is 0.0677 e. The molecule has 1 saturated carbocycles. The van der Waals surface area contributed by atoms with Gasteiger partial charge in [0.15, 0.2) is 0 Å². The molecule has 0 spiro atoms. The van der Waals surface area contributed by atoms with Gasteiger partial charge in [0.2, 0.25) is 0 Å². The minimum Gasteiger partial charge on any atom is -0.392 e. The first kappa shape index (κ1) is 10.6. The summed E-state index contributed by atoms with van der Waals surface area (Å²) in [5, 5.41) is 9.62. The molecule has 1 aliphatic rings. The Morgan fingerprint density at radius 3 is 2.77 bits per heavy atom. The Morgan fingerprint density at radius 2 is 2.08 bits per heavy atom. The lowest BCUT2D eigenvalue weighted by Crippen LogP contribution is -2.22. The summed E-state index contributed by atoms with van der Waals surface area (Å²) in [5.74, 6) is 6.65. The summed E-state index contributed by atoms with van der Waals surface area (Å²) in [6.07, 6.45) is 7.71. The van der Waals surface area contributed by atoms with Crippen molar-refractivity contribution in [3.8, 4) is 11.8 Å². The van der Waals surface area contributed by atoms with E-state index >= 15 is 0 Å². The molecule has 74 valence electrons. The van der Waals surface area contributed by atoms with Crippen LogP contribution in [-0.4, -0.2) is 11.2 Å². The van der Waals surface area contributed by atoms with Gasteiger partial charge in [0.25, 0.3) is 0 Å². The molecule has 2 atom stereocenters. The monoisotopic (exact) mass is 180 g/mol. The fourth-order valence-electron chi connectivity index (χ4n) is 1.75. The molecule has 0 heterocycles. The zero-order chi connectivity index (χ0) is 9.52. The summed E-state index contributed by atoms with van der Waals surface area (Å²) >= 11 is 0. The minimum atomic E-state index is -0.150. The van der Waals surface area contributed by atoms with Gasteiger partial charge in [-0.2, -0.15) is 0 Å². The van der Waals surface area contributed by atoms with E-state index < -0.39 is 0 Å². The molecule has 1 N–H and O–H groups in total. The Balaban J connectivity index is 2.27. The lowest BCUT2D eigenvalue weighted by Gasteiger charge is -2.22. The van der Waals surface area contributed by atoms with Crippen molar-refractivity contribution in [2.45, 2.75) is 58.0 Å². The van der Waals surface area contributed by atoms with Gasteiger partial charge < -0.3 is 5.11 Å². The predicted octanol–water partition coefficient (Wildman–Crippen LogP) is 2.73. The average Bonchev–Trinajstić information content (AvgIpc) is 2.15. The maximum absolute atomic E-state index is 9.62. The lowest BCUT2D eigenvalue weighted by molar-refractivity contribution is 0.0969. The van der Waals surface area contributed by atoms with Crippen LogP contribution in [0.3, 0.4) is 0 Å². The summed E-state index contributed by atoms with van der Waals surface area (Å²) in [7, 11) is 0. The number of aliphatic hydroxyl groups is 1. The van der Waals surface area contributed by atoms with E-state index in [0.29, 0.717) is 0 Å². The number of unbranched alkanes of at least 4 members (excludes halogenated alkanes) is 2. The van der Waals surface area contributed by atoms with Crippen LogP contribution in [0.2, 0.25) is 0 Å². The van der Waals surface area contributed by atoms with Gasteiger partial charge in [-0.15, -0.1) is 5.92 Å². The molecule has 0 bridgehead atoms. The standard InChI is InChI=1S/C12H20O/c1-2-3-4-5-8-11-9-6-7-10-12(11)13/h11-13H,2-4,6-7,9-10H2,1H3/t11-,12+/m0/s1. The first-order valence-electron chi connectivity index (χ1n) is 5.51. The van der Waals surface area contributed by atoms with E-state index in [1.807, 2.05) is 0 Å². The Labute approximate surface area is 81.5 Å². The summed E-state index contributed by atoms with van der Waals surface area (Å²) in [6, 6.07) is 0. The molecule has 0 unspecified atom stereocenters. The molecule has 1 nitrogen and oxygen atoms in total. The summed E-state index contributed by atoms with van der Waals surface area (Å²) in [5.41, 5.74) is 0. The number of rotatable bonds is 2. The van der Waals surface area contributed by atoms with Gasteiger partial charge in [-0.25, -0.2) is 0 Å². The van der Waals surface area contributed by atoms with Gasteiger partial charge in [0.1, 0.15) is 0 Å². The minimum absolute atomic E-state index is 0.150. The molecular weight excluding hydrogens is 160 g/mol. The van der Waals surface area contributed by atoms with Gasteiger partial charge >= 0.3 is 0 Å². The van der Waals surface area contributed by atoms with Crippen molar-refractivity contribution in [1.82, 2.24) is 0 Å². The van der Waals surface area contributed by atoms with E-state index in [-0.39, 0.29) is 12.0 Å². The molecule has 1 rings (SSSR count). The molecule has 0 aromatic carbocycles. The number of hydrogen-bond acceptors (Lipinski definition) is 1.